The van der Waals surface area contributed by atoms with Crippen molar-refractivity contribution >= 4 is 5.91 Å². The van der Waals surface area contributed by atoms with Gasteiger partial charge in [-0.15, -0.1) is 0 Å². The van der Waals surface area contributed by atoms with E-state index < -0.39 is 86.8 Å². The van der Waals surface area contributed by atoms with Crippen molar-refractivity contribution in [3.8, 4) is 0 Å². The van der Waals surface area contributed by atoms with E-state index in [1.165, 1.54) is 128 Å². The molecule has 0 saturated carbocycles. The van der Waals surface area contributed by atoms with E-state index >= 15 is 0 Å². The van der Waals surface area contributed by atoms with Crippen molar-refractivity contribution in [3.63, 3.8) is 0 Å². The Hall–Kier alpha value is -3.61. The molecule has 0 aromatic heterocycles. The number of nitrogens with one attached hydrogen (secondary N) is 1. The highest BCUT2D eigenvalue weighted by Gasteiger charge is 2.51. The van der Waals surface area contributed by atoms with Crippen molar-refractivity contribution in [2.45, 2.75) is 351 Å². The number of hydrogen-bond acceptors (Lipinski definition) is 13. The molecule has 2 fully saturated rings. The topological polar surface area (TPSA) is 228 Å². The minimum Gasteiger partial charge on any atom is -0.394 e. The van der Waals surface area contributed by atoms with Gasteiger partial charge in [0.2, 0.25) is 5.91 Å². The van der Waals surface area contributed by atoms with Crippen molar-refractivity contribution in [1.29, 1.82) is 0 Å². The van der Waals surface area contributed by atoms with Gasteiger partial charge >= 0.3 is 0 Å². The summed E-state index contributed by atoms with van der Waals surface area (Å²) < 4.78 is 22.9. The number of carbonyl (C=O) groups excluding carboxylic acids is 1. The molecule has 14 heteroatoms. The highest BCUT2D eigenvalue weighted by atomic mass is 16.7. The first-order valence-corrected chi connectivity index (χ1v) is 37.3. The fourth-order valence-corrected chi connectivity index (χ4v) is 11.5. The molecule has 1 amide bonds. The van der Waals surface area contributed by atoms with Crippen LogP contribution in [0.25, 0.3) is 0 Å². The molecule has 0 spiro atoms. The minimum absolute atomic E-state index is 0.253. The maximum Gasteiger partial charge on any atom is 0.220 e. The van der Waals surface area contributed by atoms with Crippen LogP contribution in [0.3, 0.4) is 0 Å². The molecular formula is C79H135NO13. The van der Waals surface area contributed by atoms with Gasteiger partial charge < -0.3 is 65.1 Å². The zero-order valence-electron chi connectivity index (χ0n) is 58.2. The smallest absolute Gasteiger partial charge is 0.220 e. The first kappa shape index (κ1) is 85.5. The SMILES string of the molecule is CC/C=C\C/C=C\C/C=C\C/C=C\C/C=C\C/C=C\C/C=C\C/C=C\C/C=C\CCCCCCCCCC(=O)NC(COC1OC(CO)C(OC2OC(CO)C(O)C(O)C2O)C(O)C1O)C(O)/C=C/CCCCCCCCCCCCCCCCCCCCCCCC. The number of amides is 1. The predicted octanol–water partition coefficient (Wildman–Crippen LogP) is 16.1. The highest BCUT2D eigenvalue weighted by molar-refractivity contribution is 5.76. The normalized spacial score (nSPS) is 23.3. The minimum atomic E-state index is -1.80. The fraction of sp³-hybridized carbons (Fsp3) is 0.734. The van der Waals surface area contributed by atoms with Crippen LogP contribution in [0.2, 0.25) is 0 Å². The monoisotopic (exact) mass is 1310 g/mol. The summed E-state index contributed by atoms with van der Waals surface area (Å²) in [7, 11) is 0. The number of aliphatic hydroxyl groups excluding tert-OH is 8. The maximum atomic E-state index is 13.4. The summed E-state index contributed by atoms with van der Waals surface area (Å²) in [6, 6.07) is -0.931. The third kappa shape index (κ3) is 45.5. The summed E-state index contributed by atoms with van der Waals surface area (Å²) in [6.45, 7) is 2.70. The molecule has 0 bridgehead atoms. The molecular weight excluding hydrogens is 1170 g/mol. The summed E-state index contributed by atoms with van der Waals surface area (Å²) in [5.41, 5.74) is 0. The van der Waals surface area contributed by atoms with Crippen molar-refractivity contribution in [2.24, 2.45) is 0 Å². The van der Waals surface area contributed by atoms with E-state index in [0.717, 1.165) is 122 Å². The summed E-state index contributed by atoms with van der Waals surface area (Å²) in [4.78, 5) is 13.4. The Kier molecular flexibility index (Phi) is 56.9. The Balaban J connectivity index is 1.67. The summed E-state index contributed by atoms with van der Waals surface area (Å²) in [5.74, 6) is -0.253. The second-order valence-electron chi connectivity index (χ2n) is 25.7. The highest BCUT2D eigenvalue weighted by Crippen LogP contribution is 2.30. The number of hydrogen-bond donors (Lipinski definition) is 9. The van der Waals surface area contributed by atoms with Crippen LogP contribution in [0, 0.1) is 0 Å². The molecule has 2 rings (SSSR count). The van der Waals surface area contributed by atoms with Crippen molar-refractivity contribution in [3.05, 3.63) is 122 Å². The molecule has 2 saturated heterocycles. The number of rotatable bonds is 60. The molecule has 12 unspecified atom stereocenters. The van der Waals surface area contributed by atoms with Gasteiger partial charge in [-0.1, -0.05) is 302 Å². The van der Waals surface area contributed by atoms with Gasteiger partial charge in [0.25, 0.3) is 0 Å². The lowest BCUT2D eigenvalue weighted by Crippen LogP contribution is -2.65. The first-order chi connectivity index (χ1) is 45.6. The third-order valence-electron chi connectivity index (χ3n) is 17.4. The van der Waals surface area contributed by atoms with Crippen LogP contribution in [-0.2, 0) is 23.7 Å². The van der Waals surface area contributed by atoms with Gasteiger partial charge in [0.1, 0.15) is 48.8 Å². The van der Waals surface area contributed by atoms with Crippen LogP contribution >= 0.6 is 0 Å². The average Bonchev–Trinajstić information content (AvgIpc) is 0.854. The molecule has 12 atom stereocenters. The van der Waals surface area contributed by atoms with E-state index in [-0.39, 0.29) is 18.9 Å². The van der Waals surface area contributed by atoms with Crippen LogP contribution in [0.4, 0.5) is 0 Å². The molecule has 9 N–H and O–H groups in total. The lowest BCUT2D eigenvalue weighted by atomic mass is 9.97. The van der Waals surface area contributed by atoms with Crippen molar-refractivity contribution < 1.29 is 64.6 Å². The van der Waals surface area contributed by atoms with E-state index in [2.05, 4.69) is 129 Å². The van der Waals surface area contributed by atoms with Crippen LogP contribution in [0.5, 0.6) is 0 Å². The predicted molar refractivity (Wildman–Crippen MR) is 382 cm³/mol. The quantitative estimate of drug-likeness (QED) is 0.0204. The van der Waals surface area contributed by atoms with E-state index in [4.69, 9.17) is 18.9 Å². The average molecular weight is 1310 g/mol. The summed E-state index contributed by atoms with van der Waals surface area (Å²) >= 11 is 0. The molecule has 0 radical (unpaired) electrons. The Morgan fingerprint density at radius 2 is 0.742 bits per heavy atom. The number of allylic oxidation sites excluding steroid dienone is 19. The van der Waals surface area contributed by atoms with E-state index in [9.17, 15) is 45.6 Å². The molecule has 14 nitrogen and oxygen atoms in total. The second kappa shape index (κ2) is 61.9. The van der Waals surface area contributed by atoms with Crippen LogP contribution in [0.1, 0.15) is 277 Å². The largest absolute Gasteiger partial charge is 0.394 e. The van der Waals surface area contributed by atoms with Gasteiger partial charge in [0.15, 0.2) is 12.6 Å². The van der Waals surface area contributed by atoms with Gasteiger partial charge in [-0.2, -0.15) is 0 Å². The fourth-order valence-electron chi connectivity index (χ4n) is 11.5. The zero-order valence-corrected chi connectivity index (χ0v) is 58.2. The number of ether oxygens (including phenoxy) is 4. The molecule has 534 valence electrons. The van der Waals surface area contributed by atoms with E-state index in [1.54, 1.807) is 6.08 Å². The van der Waals surface area contributed by atoms with Gasteiger partial charge in [0.05, 0.1) is 32.0 Å². The van der Waals surface area contributed by atoms with Crippen molar-refractivity contribution in [2.75, 3.05) is 19.8 Å². The number of carbonyl (C=O) groups is 1. The summed E-state index contributed by atoms with van der Waals surface area (Å²) in [5, 5.41) is 87.6. The Labute approximate surface area is 565 Å². The molecule has 0 aromatic carbocycles. The van der Waals surface area contributed by atoms with Crippen LogP contribution in [0.15, 0.2) is 122 Å². The van der Waals surface area contributed by atoms with Gasteiger partial charge in [0, 0.05) is 6.42 Å². The Morgan fingerprint density at radius 1 is 0.398 bits per heavy atom. The Morgan fingerprint density at radius 3 is 1.14 bits per heavy atom. The summed E-state index contributed by atoms with van der Waals surface area (Å²) in [6.07, 6.45) is 73.9. The maximum absolute atomic E-state index is 13.4. The van der Waals surface area contributed by atoms with Crippen molar-refractivity contribution in [1.82, 2.24) is 5.32 Å². The lowest BCUT2D eigenvalue weighted by molar-refractivity contribution is -0.359. The van der Waals surface area contributed by atoms with Crippen LogP contribution < -0.4 is 5.32 Å². The van der Waals surface area contributed by atoms with Gasteiger partial charge in [-0.25, -0.2) is 0 Å². The van der Waals surface area contributed by atoms with E-state index in [1.807, 2.05) is 6.08 Å². The molecule has 0 aromatic rings. The van der Waals surface area contributed by atoms with Crippen LogP contribution in [-0.4, -0.2) is 140 Å². The molecule has 2 aliphatic heterocycles. The number of unbranched alkanes of at least 4 members (excludes halogenated alkanes) is 29. The number of aliphatic hydroxyl groups is 8. The van der Waals surface area contributed by atoms with E-state index in [0.29, 0.717) is 6.42 Å². The standard InChI is InChI=1S/C79H135NO13/c1-3-5-7-9-11-13-15-17-19-21-23-25-27-29-30-31-32-33-34-35-36-37-38-39-41-43-45-47-49-51-53-55-57-59-61-63-71(84)80-67(66-90-78-76(89)74(87)77(70(65-82)92-78)93-79-75(88)73(86)72(85)69(64-81)91-79)68(83)62-60-58-56-54-52-50-48-46-44-42-40-28-26-24-22-20-18-16-14-12-10-8-6-4-2/h5,7,11,13,17,19,23,25,29-30,32-33,35-36,38-39,43,45,60,62,67-70,72-79,81-83,85-89H,3-4,6,8-10,12,14-16,18,20-22,24,26-28,31,34,37,40-42,44,46-59,61,63-66H2,1-2H3,(H,80,84)/b7-5-,13-11-,19-17-,25-23-,30-29-,33-32-,36-35-,39-38-,45-43-,62-60+. The van der Waals surface area contributed by atoms with Gasteiger partial charge in [-0.3, -0.25) is 4.79 Å². The molecule has 0 aliphatic carbocycles. The zero-order chi connectivity index (χ0) is 67.3. The third-order valence-corrected chi connectivity index (χ3v) is 17.4. The second-order valence-corrected chi connectivity index (χ2v) is 25.7. The molecule has 2 heterocycles. The lowest BCUT2D eigenvalue weighted by Gasteiger charge is -2.46. The molecule has 93 heavy (non-hydrogen) atoms. The van der Waals surface area contributed by atoms with Gasteiger partial charge in [-0.05, 0) is 89.9 Å². The first-order valence-electron chi connectivity index (χ1n) is 37.3. The molecule has 2 aliphatic rings. The Bertz CT molecular complexity index is 2030.